The van der Waals surface area contributed by atoms with E-state index in [1.807, 2.05) is 43.4 Å². The molecule has 19 heavy (non-hydrogen) atoms. The van der Waals surface area contributed by atoms with E-state index in [1.54, 1.807) is 0 Å². The molecule has 0 aromatic heterocycles. The third-order valence-corrected chi connectivity index (χ3v) is 3.10. The van der Waals surface area contributed by atoms with E-state index in [1.165, 1.54) is 5.56 Å². The number of anilines is 2. The Morgan fingerprint density at radius 1 is 1.16 bits per heavy atom. The number of benzene rings is 2. The zero-order valence-corrected chi connectivity index (χ0v) is 11.0. The van der Waals surface area contributed by atoms with Gasteiger partial charge >= 0.3 is 0 Å². The van der Waals surface area contributed by atoms with E-state index < -0.39 is 0 Å². The first-order valence-electron chi connectivity index (χ1n) is 6.21. The second kappa shape index (κ2) is 5.92. The smallest absolute Gasteiger partial charge is 0.0670 e. The summed E-state index contributed by atoms with van der Waals surface area (Å²) in [5, 5.41) is 8.79. The van der Waals surface area contributed by atoms with Gasteiger partial charge in [0.2, 0.25) is 0 Å². The fourth-order valence-corrected chi connectivity index (χ4v) is 2.02. The van der Waals surface area contributed by atoms with Gasteiger partial charge in [-0.1, -0.05) is 30.3 Å². The summed E-state index contributed by atoms with van der Waals surface area (Å²) in [5.74, 6) is 0. The van der Waals surface area contributed by atoms with Crippen molar-refractivity contribution in [3.63, 3.8) is 0 Å². The van der Waals surface area contributed by atoms with Crippen molar-refractivity contribution in [2.24, 2.45) is 0 Å². The Balaban J connectivity index is 2.17. The maximum Gasteiger partial charge on any atom is 0.0670 e. The van der Waals surface area contributed by atoms with E-state index in [4.69, 9.17) is 11.0 Å². The lowest BCUT2D eigenvalue weighted by atomic mass is 10.1. The van der Waals surface area contributed by atoms with E-state index >= 15 is 0 Å². The van der Waals surface area contributed by atoms with Crippen molar-refractivity contribution in [1.29, 1.82) is 5.26 Å². The molecule has 0 saturated carbocycles. The standard InChI is InChI=1S/C16H17N3/c1-19(12-13-5-3-2-4-6-13)15-7-8-16(18)14(11-15)9-10-17/h2-8,11H,9,12,18H2,1H3. The Bertz CT molecular complexity index is 585. The van der Waals surface area contributed by atoms with Crippen LogP contribution in [0.5, 0.6) is 0 Å². The monoisotopic (exact) mass is 251 g/mol. The Morgan fingerprint density at radius 3 is 2.58 bits per heavy atom. The van der Waals surface area contributed by atoms with E-state index in [-0.39, 0.29) is 0 Å². The maximum absolute atomic E-state index is 8.79. The summed E-state index contributed by atoms with van der Waals surface area (Å²) in [6, 6.07) is 18.3. The summed E-state index contributed by atoms with van der Waals surface area (Å²) >= 11 is 0. The van der Waals surface area contributed by atoms with Crippen molar-refractivity contribution in [3.8, 4) is 6.07 Å². The van der Waals surface area contributed by atoms with Crippen LogP contribution in [-0.2, 0) is 13.0 Å². The molecule has 0 bridgehead atoms. The Kier molecular flexibility index (Phi) is 4.04. The van der Waals surface area contributed by atoms with Gasteiger partial charge in [-0.3, -0.25) is 0 Å². The van der Waals surface area contributed by atoms with Crippen molar-refractivity contribution < 1.29 is 0 Å². The molecule has 3 nitrogen and oxygen atoms in total. The topological polar surface area (TPSA) is 53.0 Å². The fourth-order valence-electron chi connectivity index (χ4n) is 2.02. The first-order chi connectivity index (χ1) is 9.20. The second-order valence-corrected chi connectivity index (χ2v) is 4.56. The Hall–Kier alpha value is -2.47. The van der Waals surface area contributed by atoms with Crippen molar-refractivity contribution in [2.75, 3.05) is 17.7 Å². The van der Waals surface area contributed by atoms with Crippen molar-refractivity contribution in [2.45, 2.75) is 13.0 Å². The third kappa shape index (κ3) is 3.26. The SMILES string of the molecule is CN(Cc1ccccc1)c1ccc(N)c(CC#N)c1. The van der Waals surface area contributed by atoms with Gasteiger partial charge < -0.3 is 10.6 Å². The normalized spacial score (nSPS) is 9.89. The molecule has 0 aliphatic carbocycles. The van der Waals surface area contributed by atoms with Crippen LogP contribution in [-0.4, -0.2) is 7.05 Å². The third-order valence-electron chi connectivity index (χ3n) is 3.10. The molecule has 0 saturated heterocycles. The van der Waals surface area contributed by atoms with E-state index in [9.17, 15) is 0 Å². The first-order valence-corrected chi connectivity index (χ1v) is 6.21. The molecular weight excluding hydrogens is 234 g/mol. The van der Waals surface area contributed by atoms with Crippen LogP contribution < -0.4 is 10.6 Å². The van der Waals surface area contributed by atoms with Gasteiger partial charge in [0.1, 0.15) is 0 Å². The summed E-state index contributed by atoms with van der Waals surface area (Å²) in [7, 11) is 2.04. The molecule has 2 rings (SSSR count). The Labute approximate surface area is 113 Å². The number of nitrogens with zero attached hydrogens (tertiary/aromatic N) is 2. The van der Waals surface area contributed by atoms with Crippen molar-refractivity contribution >= 4 is 11.4 Å². The minimum atomic E-state index is 0.346. The molecule has 0 fully saturated rings. The molecule has 2 N–H and O–H groups in total. The molecule has 0 spiro atoms. The molecule has 0 radical (unpaired) electrons. The molecule has 3 heteroatoms. The maximum atomic E-state index is 8.79. The van der Waals surface area contributed by atoms with Crippen LogP contribution in [0.3, 0.4) is 0 Å². The molecule has 0 atom stereocenters. The highest BCUT2D eigenvalue weighted by atomic mass is 15.1. The minimum absolute atomic E-state index is 0.346. The van der Waals surface area contributed by atoms with Gasteiger partial charge in [-0.25, -0.2) is 0 Å². The number of nitrogen functional groups attached to an aromatic ring is 1. The lowest BCUT2D eigenvalue weighted by molar-refractivity contribution is 0.921. The highest BCUT2D eigenvalue weighted by Gasteiger charge is 2.05. The van der Waals surface area contributed by atoms with Gasteiger partial charge in [-0.2, -0.15) is 5.26 Å². The summed E-state index contributed by atoms with van der Waals surface area (Å²) < 4.78 is 0. The average Bonchev–Trinajstić information content (AvgIpc) is 2.42. The molecule has 2 aromatic carbocycles. The second-order valence-electron chi connectivity index (χ2n) is 4.56. The predicted molar refractivity (Wildman–Crippen MR) is 78.7 cm³/mol. The molecule has 0 aliphatic rings. The van der Waals surface area contributed by atoms with Crippen LogP contribution >= 0.6 is 0 Å². The quantitative estimate of drug-likeness (QED) is 0.850. The number of rotatable bonds is 4. The number of hydrogen-bond acceptors (Lipinski definition) is 3. The molecule has 0 unspecified atom stereocenters. The highest BCUT2D eigenvalue weighted by molar-refractivity contribution is 5.59. The van der Waals surface area contributed by atoms with Crippen LogP contribution in [0.4, 0.5) is 11.4 Å². The number of nitrogens with two attached hydrogens (primary N) is 1. The van der Waals surface area contributed by atoms with Crippen LogP contribution in [0.15, 0.2) is 48.5 Å². The zero-order chi connectivity index (χ0) is 13.7. The average molecular weight is 251 g/mol. The number of hydrogen-bond donors (Lipinski definition) is 1. The summed E-state index contributed by atoms with van der Waals surface area (Å²) in [5.41, 5.74) is 9.75. The van der Waals surface area contributed by atoms with Gasteiger partial charge in [0.25, 0.3) is 0 Å². The van der Waals surface area contributed by atoms with Gasteiger partial charge in [0, 0.05) is 25.0 Å². The van der Waals surface area contributed by atoms with Crippen LogP contribution in [0.1, 0.15) is 11.1 Å². The summed E-state index contributed by atoms with van der Waals surface area (Å²) in [4.78, 5) is 2.15. The molecule has 96 valence electrons. The van der Waals surface area contributed by atoms with Gasteiger partial charge in [-0.05, 0) is 29.3 Å². The molecule has 2 aromatic rings. The van der Waals surface area contributed by atoms with Crippen molar-refractivity contribution in [3.05, 3.63) is 59.7 Å². The van der Waals surface area contributed by atoms with E-state index in [0.717, 1.165) is 17.8 Å². The van der Waals surface area contributed by atoms with Crippen LogP contribution in [0.2, 0.25) is 0 Å². The molecular formula is C16H17N3. The predicted octanol–water partition coefficient (Wildman–Crippen LogP) is 2.97. The van der Waals surface area contributed by atoms with Crippen LogP contribution in [0.25, 0.3) is 0 Å². The summed E-state index contributed by atoms with van der Waals surface area (Å²) in [6.07, 6.45) is 0.346. The Morgan fingerprint density at radius 2 is 1.89 bits per heavy atom. The summed E-state index contributed by atoms with van der Waals surface area (Å²) in [6.45, 7) is 0.830. The van der Waals surface area contributed by atoms with E-state index in [2.05, 4.69) is 23.1 Å². The lowest BCUT2D eigenvalue weighted by Gasteiger charge is -2.20. The minimum Gasteiger partial charge on any atom is -0.398 e. The van der Waals surface area contributed by atoms with Crippen molar-refractivity contribution in [1.82, 2.24) is 0 Å². The molecule has 0 heterocycles. The van der Waals surface area contributed by atoms with Crippen LogP contribution in [0, 0.1) is 11.3 Å². The lowest BCUT2D eigenvalue weighted by Crippen LogP contribution is -2.16. The van der Waals surface area contributed by atoms with Gasteiger partial charge in [0.15, 0.2) is 0 Å². The molecule has 0 aliphatic heterocycles. The van der Waals surface area contributed by atoms with Gasteiger partial charge in [0.05, 0.1) is 12.5 Å². The first kappa shape index (κ1) is 13.0. The van der Waals surface area contributed by atoms with E-state index in [0.29, 0.717) is 12.1 Å². The zero-order valence-electron chi connectivity index (χ0n) is 11.0. The molecule has 0 amide bonds. The fraction of sp³-hybridized carbons (Fsp3) is 0.188. The highest BCUT2D eigenvalue weighted by Crippen LogP contribution is 2.22. The largest absolute Gasteiger partial charge is 0.398 e. The number of nitriles is 1. The van der Waals surface area contributed by atoms with Gasteiger partial charge in [-0.15, -0.1) is 0 Å².